The molecule has 2 fully saturated rings. The van der Waals surface area contributed by atoms with Crippen molar-refractivity contribution in [2.75, 3.05) is 31.7 Å². The van der Waals surface area contributed by atoms with E-state index in [2.05, 4.69) is 38.4 Å². The summed E-state index contributed by atoms with van der Waals surface area (Å²) in [5.41, 5.74) is 4.28. The van der Waals surface area contributed by atoms with Gasteiger partial charge < -0.3 is 20.1 Å². The predicted octanol–water partition coefficient (Wildman–Crippen LogP) is 4.14. The average molecular weight is 461 g/mol. The van der Waals surface area contributed by atoms with E-state index in [0.717, 1.165) is 25.1 Å². The first-order chi connectivity index (χ1) is 16.2. The van der Waals surface area contributed by atoms with Crippen LogP contribution in [0.3, 0.4) is 0 Å². The summed E-state index contributed by atoms with van der Waals surface area (Å²) in [5, 5.41) is 13.8. The monoisotopic (exact) mass is 460 g/mol. The Morgan fingerprint density at radius 1 is 1.09 bits per heavy atom. The Balaban J connectivity index is 1.37. The maximum Gasteiger partial charge on any atom is 0.229 e. The van der Waals surface area contributed by atoms with E-state index in [4.69, 9.17) is 4.74 Å². The van der Waals surface area contributed by atoms with Gasteiger partial charge in [0.2, 0.25) is 5.95 Å². The van der Waals surface area contributed by atoms with Crippen molar-refractivity contribution in [2.45, 2.75) is 43.2 Å². The number of hydrogen-bond acceptors (Lipinski definition) is 6. The Labute approximate surface area is 198 Å². The molecule has 6 nitrogen and oxygen atoms in total. The summed E-state index contributed by atoms with van der Waals surface area (Å²) in [6, 6.07) is 11.4. The molecule has 1 saturated heterocycles. The van der Waals surface area contributed by atoms with Gasteiger partial charge in [0, 0.05) is 41.3 Å². The topological polar surface area (TPSA) is 70.5 Å². The largest absolute Gasteiger partial charge is 0.386 e. The summed E-state index contributed by atoms with van der Waals surface area (Å²) in [4.78, 5) is 11.5. The van der Waals surface area contributed by atoms with Crippen LogP contribution in [0.5, 0.6) is 0 Å². The van der Waals surface area contributed by atoms with Gasteiger partial charge in [-0.1, -0.05) is 18.2 Å². The summed E-state index contributed by atoms with van der Waals surface area (Å²) in [6.45, 7) is 5.52. The van der Waals surface area contributed by atoms with Crippen molar-refractivity contribution < 1.29 is 14.2 Å². The minimum absolute atomic E-state index is 0.0284. The van der Waals surface area contributed by atoms with Crippen LogP contribution < -0.4 is 10.2 Å². The van der Waals surface area contributed by atoms with Gasteiger partial charge in [-0.3, -0.25) is 0 Å². The second kappa shape index (κ2) is 7.31. The number of aliphatic hydroxyl groups is 1. The fourth-order valence-corrected chi connectivity index (χ4v) is 5.28. The molecule has 2 N–H and O–H groups in total. The summed E-state index contributed by atoms with van der Waals surface area (Å²) in [6.07, 6.45) is 5.60. The number of fused-ring (bicyclic) bond motifs is 2. The highest BCUT2D eigenvalue weighted by Gasteiger charge is 2.51. The van der Waals surface area contributed by atoms with Crippen molar-refractivity contribution in [2.24, 2.45) is 0 Å². The number of hydrogen-bond donors (Lipinski definition) is 2. The molecular formula is C27H29FN4O2. The lowest BCUT2D eigenvalue weighted by Crippen LogP contribution is -2.49. The van der Waals surface area contributed by atoms with Crippen molar-refractivity contribution in [3.63, 3.8) is 0 Å². The number of halogens is 1. The summed E-state index contributed by atoms with van der Waals surface area (Å²) < 4.78 is 20.2. The van der Waals surface area contributed by atoms with Crippen LogP contribution in [0.1, 0.15) is 43.4 Å². The number of nitrogens with one attached hydrogen (secondary N) is 1. The predicted molar refractivity (Wildman–Crippen MR) is 129 cm³/mol. The van der Waals surface area contributed by atoms with Crippen molar-refractivity contribution in [1.29, 1.82) is 0 Å². The molecule has 0 amide bonds. The van der Waals surface area contributed by atoms with E-state index in [0.29, 0.717) is 35.9 Å². The van der Waals surface area contributed by atoms with E-state index in [1.165, 1.54) is 17.2 Å². The molecule has 0 radical (unpaired) electrons. The first kappa shape index (κ1) is 21.6. The lowest BCUT2D eigenvalue weighted by molar-refractivity contribution is -0.0507. The molecule has 1 aromatic heterocycles. The third kappa shape index (κ3) is 3.26. The van der Waals surface area contributed by atoms with Crippen molar-refractivity contribution in [1.82, 2.24) is 15.3 Å². The molecule has 2 aromatic carbocycles. The fourth-order valence-electron chi connectivity index (χ4n) is 5.28. The molecular weight excluding hydrogens is 431 g/mol. The van der Waals surface area contributed by atoms with Gasteiger partial charge in [0.25, 0.3) is 0 Å². The normalized spacial score (nSPS) is 19.7. The number of aromatic nitrogens is 2. The van der Waals surface area contributed by atoms with Crippen molar-refractivity contribution in [3.8, 4) is 11.1 Å². The molecule has 3 aliphatic rings. The van der Waals surface area contributed by atoms with E-state index in [-0.39, 0.29) is 16.8 Å². The molecule has 1 spiro atoms. The number of ether oxygens (including phenoxy) is 1. The Bertz CT molecular complexity index is 1260. The third-order valence-electron chi connectivity index (χ3n) is 7.72. The van der Waals surface area contributed by atoms with Crippen molar-refractivity contribution >= 4 is 11.6 Å². The summed E-state index contributed by atoms with van der Waals surface area (Å²) in [5.74, 6) is 0.229. The van der Waals surface area contributed by atoms with Gasteiger partial charge >= 0.3 is 0 Å². The number of benzene rings is 2. The minimum Gasteiger partial charge on any atom is -0.386 e. The first-order valence-electron chi connectivity index (χ1n) is 11.8. The van der Waals surface area contributed by atoms with Crippen LogP contribution in [0, 0.1) is 5.82 Å². The zero-order valence-electron chi connectivity index (χ0n) is 19.7. The van der Waals surface area contributed by atoms with Crippen LogP contribution in [0.15, 0.2) is 48.8 Å². The standard InChI is InChI=1S/C27H29FN4O2/c1-25(2,33)18-5-7-22(28)20(10-18)17-12-30-24(31-13-17)32-14-26(15-34-16-26)21-6-4-19(11-23(21)32)27(29-3)8-9-27/h4-7,10-13,29,33H,8-9,14-16H2,1-3H3. The third-order valence-corrected chi connectivity index (χ3v) is 7.72. The molecule has 3 aromatic rings. The maximum absolute atomic E-state index is 14.6. The van der Waals surface area contributed by atoms with Crippen molar-refractivity contribution in [3.05, 3.63) is 71.3 Å². The Hall–Kier alpha value is -2.87. The molecule has 3 heterocycles. The molecule has 176 valence electrons. The summed E-state index contributed by atoms with van der Waals surface area (Å²) >= 11 is 0. The first-order valence-corrected chi connectivity index (χ1v) is 11.8. The highest BCUT2D eigenvalue weighted by Crippen LogP contribution is 2.51. The minimum atomic E-state index is -1.06. The zero-order valence-corrected chi connectivity index (χ0v) is 19.7. The Morgan fingerprint density at radius 2 is 1.82 bits per heavy atom. The smallest absolute Gasteiger partial charge is 0.229 e. The van der Waals surface area contributed by atoms with Gasteiger partial charge in [-0.05, 0) is 68.6 Å². The summed E-state index contributed by atoms with van der Waals surface area (Å²) in [7, 11) is 2.02. The fraction of sp³-hybridized carbons (Fsp3) is 0.407. The van der Waals surface area contributed by atoms with Crippen LogP contribution in [-0.4, -0.2) is 41.9 Å². The van der Waals surface area contributed by atoms with Crippen LogP contribution in [0.25, 0.3) is 11.1 Å². The van der Waals surface area contributed by atoms with Gasteiger partial charge in [0.1, 0.15) is 5.82 Å². The highest BCUT2D eigenvalue weighted by molar-refractivity contribution is 5.72. The average Bonchev–Trinajstić information content (AvgIpc) is 3.52. The molecule has 7 heteroatoms. The Kier molecular flexibility index (Phi) is 4.66. The van der Waals surface area contributed by atoms with E-state index >= 15 is 0 Å². The molecule has 0 unspecified atom stereocenters. The SMILES string of the molecule is CNC1(c2ccc3c(c2)N(c2ncc(-c4cc(C(C)(C)O)ccc4F)cn2)CC32COC2)CC1. The van der Waals surface area contributed by atoms with E-state index in [1.807, 2.05) is 7.05 Å². The molecule has 6 rings (SSSR count). The molecule has 2 aliphatic heterocycles. The number of nitrogens with zero attached hydrogens (tertiary/aromatic N) is 3. The zero-order chi connectivity index (χ0) is 23.7. The maximum atomic E-state index is 14.6. The van der Waals surface area contributed by atoms with Gasteiger partial charge in [-0.15, -0.1) is 0 Å². The van der Waals surface area contributed by atoms with Crippen LogP contribution >= 0.6 is 0 Å². The van der Waals surface area contributed by atoms with E-state index in [1.54, 1.807) is 38.4 Å². The molecule has 34 heavy (non-hydrogen) atoms. The van der Waals surface area contributed by atoms with Gasteiger partial charge in [-0.2, -0.15) is 0 Å². The highest BCUT2D eigenvalue weighted by atomic mass is 19.1. The van der Waals surface area contributed by atoms with Gasteiger partial charge in [-0.25, -0.2) is 14.4 Å². The second-order valence-electron chi connectivity index (χ2n) is 10.4. The molecule has 1 saturated carbocycles. The van der Waals surface area contributed by atoms with Crippen LogP contribution in [0.4, 0.5) is 16.0 Å². The molecule has 0 atom stereocenters. The van der Waals surface area contributed by atoms with Crippen LogP contribution in [-0.2, 0) is 21.3 Å². The Morgan fingerprint density at radius 3 is 2.41 bits per heavy atom. The van der Waals surface area contributed by atoms with E-state index in [9.17, 15) is 9.50 Å². The molecule has 0 bridgehead atoms. The quantitative estimate of drug-likeness (QED) is 0.597. The molecule has 1 aliphatic carbocycles. The van der Waals surface area contributed by atoms with E-state index < -0.39 is 5.60 Å². The lowest BCUT2D eigenvalue weighted by atomic mass is 9.80. The van der Waals surface area contributed by atoms with Gasteiger partial charge in [0.15, 0.2) is 0 Å². The number of rotatable bonds is 5. The van der Waals surface area contributed by atoms with Crippen LogP contribution in [0.2, 0.25) is 0 Å². The second-order valence-corrected chi connectivity index (χ2v) is 10.4. The van der Waals surface area contributed by atoms with Gasteiger partial charge in [0.05, 0.1) is 24.2 Å². The lowest BCUT2D eigenvalue weighted by Gasteiger charge is -2.38. The number of anilines is 2.